The van der Waals surface area contributed by atoms with Gasteiger partial charge in [-0.1, -0.05) is 12.1 Å². The molecule has 0 atom stereocenters. The maximum atomic E-state index is 14.1. The first-order valence-corrected chi connectivity index (χ1v) is 9.15. The summed E-state index contributed by atoms with van der Waals surface area (Å²) in [5.41, 5.74) is 2.39. The molecule has 4 rings (SSSR count). The zero-order chi connectivity index (χ0) is 20.6. The van der Waals surface area contributed by atoms with E-state index in [1.54, 1.807) is 16.8 Å². The second-order valence-electron chi connectivity index (χ2n) is 7.29. The van der Waals surface area contributed by atoms with Crippen LogP contribution in [0.25, 0.3) is 17.1 Å². The van der Waals surface area contributed by atoms with E-state index in [0.717, 1.165) is 17.5 Å². The Morgan fingerprint density at radius 3 is 2.24 bits per heavy atom. The predicted molar refractivity (Wildman–Crippen MR) is 106 cm³/mol. The molecule has 0 aliphatic heterocycles. The number of aromatic nitrogens is 5. The molecule has 0 N–H and O–H groups in total. The van der Waals surface area contributed by atoms with Gasteiger partial charge in [0, 0.05) is 11.6 Å². The second-order valence-corrected chi connectivity index (χ2v) is 7.29. The quantitative estimate of drug-likeness (QED) is 0.476. The first kappa shape index (κ1) is 18.9. The van der Waals surface area contributed by atoms with Gasteiger partial charge in [-0.05, 0) is 63.2 Å². The summed E-state index contributed by atoms with van der Waals surface area (Å²) < 4.78 is 29.0. The summed E-state index contributed by atoms with van der Waals surface area (Å²) in [6, 6.07) is 15.4. The fraction of sp³-hybridized carbons (Fsp3) is 0.182. The van der Waals surface area contributed by atoms with Gasteiger partial charge in [-0.25, -0.2) is 9.67 Å². The lowest BCUT2D eigenvalue weighted by Crippen LogP contribution is -2.23. The summed E-state index contributed by atoms with van der Waals surface area (Å²) >= 11 is 0. The summed E-state index contributed by atoms with van der Waals surface area (Å²) in [7, 11) is 0. The van der Waals surface area contributed by atoms with Crippen LogP contribution in [0.3, 0.4) is 0 Å². The summed E-state index contributed by atoms with van der Waals surface area (Å²) in [6.07, 6.45) is 1.86. The van der Waals surface area contributed by atoms with Gasteiger partial charge < -0.3 is 0 Å². The van der Waals surface area contributed by atoms with Gasteiger partial charge in [0.05, 0.1) is 28.3 Å². The van der Waals surface area contributed by atoms with Crippen molar-refractivity contribution in [1.29, 1.82) is 0 Å². The summed E-state index contributed by atoms with van der Waals surface area (Å²) in [4.78, 5) is 12.6. The van der Waals surface area contributed by atoms with Gasteiger partial charge in [0.2, 0.25) is 11.9 Å². The number of aryl methyl sites for hydroxylation is 1. The van der Waals surface area contributed by atoms with Crippen LogP contribution in [0.4, 0.5) is 8.78 Å². The third kappa shape index (κ3) is 3.63. The van der Waals surface area contributed by atoms with Crippen molar-refractivity contribution in [3.05, 3.63) is 89.8 Å². The van der Waals surface area contributed by atoms with Crippen molar-refractivity contribution >= 4 is 0 Å². The molecule has 4 aromatic rings. The number of pyridine rings is 3. The molecule has 146 valence electrons. The highest BCUT2D eigenvalue weighted by molar-refractivity contribution is 5.59. The summed E-state index contributed by atoms with van der Waals surface area (Å²) in [5.74, 6) is -1.05. The highest BCUT2D eigenvalue weighted by Gasteiger charge is 2.27. The molecule has 0 fully saturated rings. The molecule has 0 bridgehead atoms. The smallest absolute Gasteiger partial charge is 0.224 e. The zero-order valence-corrected chi connectivity index (χ0v) is 16.3. The van der Waals surface area contributed by atoms with Crippen molar-refractivity contribution < 1.29 is 8.78 Å². The van der Waals surface area contributed by atoms with Gasteiger partial charge in [-0.2, -0.15) is 18.9 Å². The van der Waals surface area contributed by atoms with Crippen LogP contribution in [0.2, 0.25) is 0 Å². The molecule has 4 aromatic heterocycles. The molecule has 0 saturated carbocycles. The summed E-state index contributed by atoms with van der Waals surface area (Å²) in [6.45, 7) is 5.92. The minimum atomic E-state index is -0.887. The highest BCUT2D eigenvalue weighted by atomic mass is 19.1. The molecule has 5 nitrogen and oxygen atoms in total. The first-order valence-electron chi connectivity index (χ1n) is 9.15. The summed E-state index contributed by atoms with van der Waals surface area (Å²) in [5, 5.41) is 4.41. The fourth-order valence-electron chi connectivity index (χ4n) is 3.11. The van der Waals surface area contributed by atoms with Crippen LogP contribution in [-0.4, -0.2) is 24.7 Å². The Labute approximate surface area is 167 Å². The lowest BCUT2D eigenvalue weighted by molar-refractivity contribution is 0.514. The molecule has 0 aliphatic carbocycles. The monoisotopic (exact) mass is 391 g/mol. The third-order valence-electron chi connectivity index (χ3n) is 4.81. The average molecular weight is 391 g/mol. The Morgan fingerprint density at radius 2 is 1.55 bits per heavy atom. The van der Waals surface area contributed by atoms with Crippen molar-refractivity contribution in [3.63, 3.8) is 0 Å². The Hall–Kier alpha value is -3.48. The SMILES string of the molecule is Cc1ccn(-c2cccc(C(C)(C)c3cccc(-c4ccc(F)nc4F)n3)n2)n1. The maximum Gasteiger partial charge on any atom is 0.224 e. The van der Waals surface area contributed by atoms with Gasteiger partial charge in [0.1, 0.15) is 0 Å². The van der Waals surface area contributed by atoms with Crippen LogP contribution in [-0.2, 0) is 5.41 Å². The van der Waals surface area contributed by atoms with E-state index in [2.05, 4.69) is 15.1 Å². The molecular formula is C22H19F2N5. The van der Waals surface area contributed by atoms with Crippen molar-refractivity contribution in [2.24, 2.45) is 0 Å². The molecule has 0 aliphatic rings. The Balaban J connectivity index is 1.74. The van der Waals surface area contributed by atoms with Gasteiger partial charge in [-0.3, -0.25) is 4.98 Å². The second kappa shape index (κ2) is 7.16. The van der Waals surface area contributed by atoms with Crippen molar-refractivity contribution in [3.8, 4) is 17.1 Å². The van der Waals surface area contributed by atoms with E-state index < -0.39 is 17.3 Å². The molecule has 0 amide bonds. The van der Waals surface area contributed by atoms with E-state index in [1.165, 1.54) is 6.07 Å². The van der Waals surface area contributed by atoms with E-state index >= 15 is 0 Å². The van der Waals surface area contributed by atoms with E-state index in [0.29, 0.717) is 17.2 Å². The van der Waals surface area contributed by atoms with E-state index in [-0.39, 0.29) is 5.56 Å². The van der Waals surface area contributed by atoms with Gasteiger partial charge >= 0.3 is 0 Å². The largest absolute Gasteiger partial charge is 0.252 e. The number of hydrogen-bond donors (Lipinski definition) is 0. The first-order chi connectivity index (χ1) is 13.8. The lowest BCUT2D eigenvalue weighted by atomic mass is 9.84. The van der Waals surface area contributed by atoms with Crippen LogP contribution >= 0.6 is 0 Å². The lowest BCUT2D eigenvalue weighted by Gasteiger charge is -2.24. The van der Waals surface area contributed by atoms with Gasteiger partial charge in [0.15, 0.2) is 5.82 Å². The molecule has 29 heavy (non-hydrogen) atoms. The molecule has 4 heterocycles. The van der Waals surface area contributed by atoms with E-state index in [4.69, 9.17) is 4.98 Å². The zero-order valence-electron chi connectivity index (χ0n) is 16.3. The minimum Gasteiger partial charge on any atom is -0.252 e. The van der Waals surface area contributed by atoms with Crippen molar-refractivity contribution in [2.45, 2.75) is 26.2 Å². The normalized spacial score (nSPS) is 11.6. The fourth-order valence-corrected chi connectivity index (χ4v) is 3.11. The molecule has 0 saturated heterocycles. The Kier molecular flexibility index (Phi) is 4.66. The number of hydrogen-bond acceptors (Lipinski definition) is 4. The van der Waals surface area contributed by atoms with Crippen LogP contribution in [0.5, 0.6) is 0 Å². The van der Waals surface area contributed by atoms with Crippen LogP contribution in [0.15, 0.2) is 60.8 Å². The highest BCUT2D eigenvalue weighted by Crippen LogP contribution is 2.31. The van der Waals surface area contributed by atoms with Gasteiger partial charge in [-0.15, -0.1) is 0 Å². The number of rotatable bonds is 4. The van der Waals surface area contributed by atoms with Crippen LogP contribution in [0.1, 0.15) is 30.9 Å². The molecule has 0 spiro atoms. The molecule has 0 radical (unpaired) electrons. The van der Waals surface area contributed by atoms with Crippen molar-refractivity contribution in [2.75, 3.05) is 0 Å². The predicted octanol–water partition coefficient (Wildman–Crippen LogP) is 4.64. The van der Waals surface area contributed by atoms with Crippen LogP contribution < -0.4 is 0 Å². The Morgan fingerprint density at radius 1 is 0.828 bits per heavy atom. The maximum absolute atomic E-state index is 14.1. The van der Waals surface area contributed by atoms with E-state index in [9.17, 15) is 8.78 Å². The van der Waals surface area contributed by atoms with Crippen molar-refractivity contribution in [1.82, 2.24) is 24.7 Å². The third-order valence-corrected chi connectivity index (χ3v) is 4.81. The van der Waals surface area contributed by atoms with Gasteiger partial charge in [0.25, 0.3) is 0 Å². The number of nitrogens with zero attached hydrogens (tertiary/aromatic N) is 5. The molecule has 7 heteroatoms. The molecular weight excluding hydrogens is 372 g/mol. The Bertz CT molecular complexity index is 1180. The topological polar surface area (TPSA) is 56.5 Å². The van der Waals surface area contributed by atoms with Crippen LogP contribution in [0, 0.1) is 18.8 Å². The average Bonchev–Trinajstić information content (AvgIpc) is 3.14. The minimum absolute atomic E-state index is 0.151. The standard InChI is InChI=1S/C22H19F2N5/c1-14-12-13-29(28-14)20-9-5-8-18(26-20)22(2,3)17-7-4-6-16(25-17)15-10-11-19(23)27-21(15)24/h4-13H,1-3H3. The molecule has 0 aromatic carbocycles. The molecule has 0 unspecified atom stereocenters. The number of halogens is 2. The van der Waals surface area contributed by atoms with E-state index in [1.807, 2.05) is 57.3 Å².